The largest absolute Gasteiger partial charge is 0.352 e. The summed E-state index contributed by atoms with van der Waals surface area (Å²) in [5, 5.41) is 11.1. The molecule has 8 heteroatoms. The van der Waals surface area contributed by atoms with Crippen LogP contribution in [0.2, 0.25) is 0 Å². The van der Waals surface area contributed by atoms with Gasteiger partial charge in [-0.15, -0.1) is 0 Å². The fourth-order valence-electron chi connectivity index (χ4n) is 5.61. The summed E-state index contributed by atoms with van der Waals surface area (Å²) in [6, 6.07) is 11.8. The molecule has 0 saturated carbocycles. The summed E-state index contributed by atoms with van der Waals surface area (Å²) in [5.74, 6) is -2.27. The third-order valence-corrected chi connectivity index (χ3v) is 7.21. The van der Waals surface area contributed by atoms with E-state index in [-0.39, 0.29) is 28.8 Å². The molecule has 4 atom stereocenters. The molecule has 0 N–H and O–H groups in total. The number of nitrogens with zero attached hydrogens (tertiary/aromatic N) is 3. The fraction of sp³-hybridized carbons (Fsp3) is 0.346. The maximum atomic E-state index is 13.9. The van der Waals surface area contributed by atoms with Crippen molar-refractivity contribution in [3.63, 3.8) is 0 Å². The molecule has 3 aliphatic rings. The lowest BCUT2D eigenvalue weighted by Gasteiger charge is -2.38. The molecular weight excluding hydrogens is 434 g/mol. The van der Waals surface area contributed by atoms with Gasteiger partial charge in [0, 0.05) is 35.5 Å². The third-order valence-electron chi connectivity index (χ3n) is 7.21. The van der Waals surface area contributed by atoms with Gasteiger partial charge in [-0.05, 0) is 37.1 Å². The monoisotopic (exact) mass is 459 g/mol. The summed E-state index contributed by atoms with van der Waals surface area (Å²) in [5.41, 5.74) is 2.96. The maximum Gasteiger partial charge on any atom is 0.269 e. The Morgan fingerprint density at radius 1 is 1.03 bits per heavy atom. The highest BCUT2D eigenvalue weighted by atomic mass is 16.6. The number of likely N-dealkylation sites (tertiary alicyclic amines) is 1. The molecule has 0 radical (unpaired) electrons. The minimum atomic E-state index is -0.870. The third kappa shape index (κ3) is 3.16. The topological polar surface area (TPSA) is 101 Å². The van der Waals surface area contributed by atoms with Crippen molar-refractivity contribution in [1.29, 1.82) is 0 Å². The standard InChI is InChI=1S/C26H25N3O5/c1-3-4-13-27-25(31)21-20-14-15(2)18-7-5-6-8-19(18)28(20)23(22(21)26(27)32)24(30)16-9-11-17(12-10-16)29(33)34/h5-12,14,20-23H,3-4,13H2,1-2H3/t20-,21+,22-,23-/m1/s1. The first-order valence-electron chi connectivity index (χ1n) is 11.5. The Bertz CT molecular complexity index is 1240. The second-order valence-electron chi connectivity index (χ2n) is 9.11. The number of anilines is 1. The molecule has 0 aliphatic carbocycles. The van der Waals surface area contributed by atoms with E-state index in [0.717, 1.165) is 23.2 Å². The summed E-state index contributed by atoms with van der Waals surface area (Å²) >= 11 is 0. The summed E-state index contributed by atoms with van der Waals surface area (Å²) in [6.07, 6.45) is 3.56. The molecule has 3 heterocycles. The van der Waals surface area contributed by atoms with Gasteiger partial charge in [0.2, 0.25) is 11.8 Å². The molecule has 5 rings (SSSR count). The number of para-hydroxylation sites is 1. The number of allylic oxidation sites excluding steroid dienone is 1. The smallest absolute Gasteiger partial charge is 0.269 e. The van der Waals surface area contributed by atoms with Crippen LogP contribution in [0, 0.1) is 22.0 Å². The van der Waals surface area contributed by atoms with Crippen LogP contribution < -0.4 is 4.90 Å². The molecule has 2 saturated heterocycles. The van der Waals surface area contributed by atoms with E-state index in [0.29, 0.717) is 13.0 Å². The van der Waals surface area contributed by atoms with Crippen LogP contribution in [0.4, 0.5) is 11.4 Å². The molecule has 3 aliphatic heterocycles. The SMILES string of the molecule is CCCCN1C(=O)[C@@H]2[C@@H](C1=O)[C@H](C(=O)c1ccc([N+](=O)[O-])cc1)N1c3ccccc3C(C)=C[C@H]21. The lowest BCUT2D eigenvalue weighted by Crippen LogP contribution is -2.49. The lowest BCUT2D eigenvalue weighted by atomic mass is 9.85. The number of nitro benzene ring substituents is 1. The zero-order chi connectivity index (χ0) is 24.1. The van der Waals surface area contributed by atoms with Crippen LogP contribution in [0.5, 0.6) is 0 Å². The number of ketones is 1. The average molecular weight is 460 g/mol. The molecule has 2 fully saturated rings. The van der Waals surface area contributed by atoms with E-state index in [9.17, 15) is 24.5 Å². The first-order valence-corrected chi connectivity index (χ1v) is 11.5. The number of Topliss-reactive ketones (excluding diaryl/α,β-unsaturated/α-hetero) is 1. The number of nitro groups is 1. The van der Waals surface area contributed by atoms with Gasteiger partial charge in [-0.1, -0.05) is 37.6 Å². The second kappa shape index (κ2) is 8.20. The van der Waals surface area contributed by atoms with Gasteiger partial charge >= 0.3 is 0 Å². The Morgan fingerprint density at radius 3 is 2.38 bits per heavy atom. The molecule has 0 bridgehead atoms. The minimum Gasteiger partial charge on any atom is -0.352 e. The van der Waals surface area contributed by atoms with E-state index >= 15 is 0 Å². The van der Waals surface area contributed by atoms with E-state index in [1.54, 1.807) is 0 Å². The Hall–Kier alpha value is -3.81. The van der Waals surface area contributed by atoms with E-state index in [1.807, 2.05) is 49.1 Å². The number of hydrogen-bond donors (Lipinski definition) is 0. The predicted octanol–water partition coefficient (Wildman–Crippen LogP) is 3.85. The predicted molar refractivity (Wildman–Crippen MR) is 126 cm³/mol. The Kier molecular flexibility index (Phi) is 5.31. The molecule has 34 heavy (non-hydrogen) atoms. The molecular formula is C26H25N3O5. The quantitative estimate of drug-likeness (QED) is 0.281. The van der Waals surface area contributed by atoms with Gasteiger partial charge < -0.3 is 4.90 Å². The van der Waals surface area contributed by atoms with Crippen LogP contribution in [-0.4, -0.2) is 46.0 Å². The van der Waals surface area contributed by atoms with Crippen molar-refractivity contribution >= 4 is 34.5 Å². The summed E-state index contributed by atoms with van der Waals surface area (Å²) in [4.78, 5) is 54.7. The number of carbonyl (C=O) groups is 3. The van der Waals surface area contributed by atoms with Crippen LogP contribution >= 0.6 is 0 Å². The number of non-ortho nitro benzene ring substituents is 1. The van der Waals surface area contributed by atoms with Crippen LogP contribution in [0.25, 0.3) is 5.57 Å². The van der Waals surface area contributed by atoms with Crippen LogP contribution in [-0.2, 0) is 9.59 Å². The molecule has 174 valence electrons. The van der Waals surface area contributed by atoms with Crippen molar-refractivity contribution in [2.24, 2.45) is 11.8 Å². The van der Waals surface area contributed by atoms with Gasteiger partial charge in [0.15, 0.2) is 5.78 Å². The Morgan fingerprint density at radius 2 is 1.71 bits per heavy atom. The molecule has 2 aromatic carbocycles. The summed E-state index contributed by atoms with van der Waals surface area (Å²) < 4.78 is 0. The molecule has 0 aromatic heterocycles. The summed E-state index contributed by atoms with van der Waals surface area (Å²) in [7, 11) is 0. The highest BCUT2D eigenvalue weighted by Gasteiger charge is 2.64. The molecule has 0 spiro atoms. The normalized spacial score (nSPS) is 25.1. The van der Waals surface area contributed by atoms with Crippen molar-refractivity contribution in [3.8, 4) is 0 Å². The van der Waals surface area contributed by atoms with Gasteiger partial charge in [-0.25, -0.2) is 0 Å². The van der Waals surface area contributed by atoms with Crippen molar-refractivity contribution in [2.75, 3.05) is 11.4 Å². The fourth-order valence-corrected chi connectivity index (χ4v) is 5.61. The average Bonchev–Trinajstić information content (AvgIpc) is 3.30. The second-order valence-corrected chi connectivity index (χ2v) is 9.11. The Balaban J connectivity index is 1.62. The first-order chi connectivity index (χ1) is 16.3. The zero-order valence-electron chi connectivity index (χ0n) is 19.0. The molecule has 0 unspecified atom stereocenters. The van der Waals surface area contributed by atoms with E-state index < -0.39 is 28.8 Å². The summed E-state index contributed by atoms with van der Waals surface area (Å²) in [6.45, 7) is 4.33. The van der Waals surface area contributed by atoms with Crippen LogP contribution in [0.3, 0.4) is 0 Å². The number of fused-ring (bicyclic) bond motifs is 5. The van der Waals surface area contributed by atoms with Crippen molar-refractivity contribution in [2.45, 2.75) is 38.8 Å². The first kappa shape index (κ1) is 22.0. The number of unbranched alkanes of at least 4 members (excludes halogenated alkanes) is 1. The number of hydrogen-bond acceptors (Lipinski definition) is 6. The van der Waals surface area contributed by atoms with Crippen LogP contribution in [0.1, 0.15) is 42.6 Å². The van der Waals surface area contributed by atoms with E-state index in [4.69, 9.17) is 0 Å². The van der Waals surface area contributed by atoms with Crippen molar-refractivity contribution < 1.29 is 19.3 Å². The van der Waals surface area contributed by atoms with Gasteiger partial charge in [0.05, 0.1) is 22.8 Å². The number of imide groups is 1. The molecule has 8 nitrogen and oxygen atoms in total. The van der Waals surface area contributed by atoms with Gasteiger partial charge in [-0.2, -0.15) is 0 Å². The highest BCUT2D eigenvalue weighted by Crippen LogP contribution is 2.50. The molecule has 2 aromatic rings. The zero-order valence-corrected chi connectivity index (χ0v) is 19.0. The maximum absolute atomic E-state index is 13.9. The number of rotatable bonds is 6. The number of carbonyl (C=O) groups excluding carboxylic acids is 3. The number of benzene rings is 2. The van der Waals surface area contributed by atoms with Gasteiger partial charge in [-0.3, -0.25) is 29.4 Å². The van der Waals surface area contributed by atoms with Gasteiger partial charge in [0.25, 0.3) is 5.69 Å². The lowest BCUT2D eigenvalue weighted by molar-refractivity contribution is -0.384. The van der Waals surface area contributed by atoms with Gasteiger partial charge in [0.1, 0.15) is 6.04 Å². The van der Waals surface area contributed by atoms with Crippen LogP contribution in [0.15, 0.2) is 54.6 Å². The number of amides is 2. The van der Waals surface area contributed by atoms with E-state index in [2.05, 4.69) is 0 Å². The highest BCUT2D eigenvalue weighted by molar-refractivity contribution is 6.14. The molecule has 2 amide bonds. The van der Waals surface area contributed by atoms with E-state index in [1.165, 1.54) is 29.2 Å². The van der Waals surface area contributed by atoms with Crippen molar-refractivity contribution in [1.82, 2.24) is 4.90 Å². The van der Waals surface area contributed by atoms with Crippen molar-refractivity contribution in [3.05, 3.63) is 75.8 Å². The minimum absolute atomic E-state index is 0.113. The Labute approximate surface area is 197 Å².